The largest absolute Gasteiger partial charge is 0.366 e. The highest BCUT2D eigenvalue weighted by molar-refractivity contribution is 9.10. The van der Waals surface area contributed by atoms with Crippen LogP contribution < -0.4 is 10.6 Å². The molecular weight excluding hydrogens is 324 g/mol. The molecule has 106 valence electrons. The second-order valence-electron chi connectivity index (χ2n) is 4.83. The van der Waals surface area contributed by atoms with Gasteiger partial charge in [0.15, 0.2) is 0 Å². The zero-order valence-corrected chi connectivity index (χ0v) is 13.9. The van der Waals surface area contributed by atoms with Crippen LogP contribution in [0.25, 0.3) is 0 Å². The van der Waals surface area contributed by atoms with Crippen LogP contribution in [0.3, 0.4) is 0 Å². The quantitative estimate of drug-likeness (QED) is 0.822. The lowest BCUT2D eigenvalue weighted by Crippen LogP contribution is -2.18. The summed E-state index contributed by atoms with van der Waals surface area (Å²) in [6.07, 6.45) is 8.81. The Kier molecular flexibility index (Phi) is 5.76. The van der Waals surface area contributed by atoms with Gasteiger partial charge in [-0.15, -0.1) is 0 Å². The normalized spacial score (nSPS) is 22.5. The van der Waals surface area contributed by atoms with E-state index in [-0.39, 0.29) is 0 Å². The minimum atomic E-state index is 0.530. The molecule has 2 N–H and O–H groups in total. The van der Waals surface area contributed by atoms with Crippen LogP contribution in [0.1, 0.15) is 32.6 Å². The molecule has 2 rings (SSSR count). The van der Waals surface area contributed by atoms with E-state index >= 15 is 0 Å². The third-order valence-corrected chi connectivity index (χ3v) is 5.01. The van der Waals surface area contributed by atoms with Gasteiger partial charge in [-0.1, -0.05) is 6.92 Å². The summed E-state index contributed by atoms with van der Waals surface area (Å²) in [6.45, 7) is 3.03. The Bertz CT molecular complexity index is 416. The van der Waals surface area contributed by atoms with Gasteiger partial charge in [-0.25, -0.2) is 4.98 Å². The van der Waals surface area contributed by atoms with Crippen molar-refractivity contribution in [1.82, 2.24) is 9.97 Å². The van der Waals surface area contributed by atoms with Crippen molar-refractivity contribution < 1.29 is 0 Å². The van der Waals surface area contributed by atoms with E-state index in [0.717, 1.165) is 28.5 Å². The standard InChI is InChI=1S/C13H21BrN4S/c1-3-6-15-13-16-8-11(14)12(18-13)17-9-4-5-10(7-9)19-2/h8-10H,3-7H2,1-2H3,(H2,15,16,17,18). The average Bonchev–Trinajstić information content (AvgIpc) is 2.87. The number of thioether (sulfide) groups is 1. The Morgan fingerprint density at radius 1 is 1.47 bits per heavy atom. The third-order valence-electron chi connectivity index (χ3n) is 3.34. The number of anilines is 2. The van der Waals surface area contributed by atoms with E-state index in [0.29, 0.717) is 12.0 Å². The Morgan fingerprint density at radius 3 is 3.00 bits per heavy atom. The van der Waals surface area contributed by atoms with Crippen molar-refractivity contribution >= 4 is 39.5 Å². The maximum Gasteiger partial charge on any atom is 0.224 e. The monoisotopic (exact) mass is 344 g/mol. The molecule has 0 amide bonds. The molecule has 1 aromatic heterocycles. The Morgan fingerprint density at radius 2 is 2.32 bits per heavy atom. The third kappa shape index (κ3) is 4.24. The average molecular weight is 345 g/mol. The maximum atomic E-state index is 4.54. The molecule has 6 heteroatoms. The van der Waals surface area contributed by atoms with E-state index in [1.165, 1.54) is 19.3 Å². The molecule has 1 aliphatic carbocycles. The van der Waals surface area contributed by atoms with Crippen LogP contribution in [0.5, 0.6) is 0 Å². The zero-order chi connectivity index (χ0) is 13.7. The molecular formula is C13H21BrN4S. The van der Waals surface area contributed by atoms with Gasteiger partial charge in [0, 0.05) is 24.0 Å². The molecule has 0 bridgehead atoms. The van der Waals surface area contributed by atoms with E-state index in [2.05, 4.69) is 49.7 Å². The molecule has 2 atom stereocenters. The molecule has 1 aromatic rings. The van der Waals surface area contributed by atoms with Crippen molar-refractivity contribution in [1.29, 1.82) is 0 Å². The Balaban J connectivity index is 1.98. The van der Waals surface area contributed by atoms with Gasteiger partial charge in [0.25, 0.3) is 0 Å². The summed E-state index contributed by atoms with van der Waals surface area (Å²) in [6, 6.07) is 0.530. The van der Waals surface area contributed by atoms with Crippen molar-refractivity contribution in [2.75, 3.05) is 23.4 Å². The molecule has 0 spiro atoms. The van der Waals surface area contributed by atoms with Gasteiger partial charge in [-0.2, -0.15) is 16.7 Å². The van der Waals surface area contributed by atoms with E-state index in [1.54, 1.807) is 0 Å². The SMILES string of the molecule is CCCNc1ncc(Br)c(NC2CCC(SC)C2)n1. The summed E-state index contributed by atoms with van der Waals surface area (Å²) in [5.41, 5.74) is 0. The summed E-state index contributed by atoms with van der Waals surface area (Å²) >= 11 is 5.49. The Labute approximate surface area is 127 Å². The van der Waals surface area contributed by atoms with Crippen LogP contribution in [-0.4, -0.2) is 34.1 Å². The van der Waals surface area contributed by atoms with Gasteiger partial charge in [0.2, 0.25) is 5.95 Å². The minimum absolute atomic E-state index is 0.530. The smallest absolute Gasteiger partial charge is 0.224 e. The molecule has 0 saturated heterocycles. The lowest BCUT2D eigenvalue weighted by Gasteiger charge is -2.15. The van der Waals surface area contributed by atoms with E-state index in [9.17, 15) is 0 Å². The molecule has 2 unspecified atom stereocenters. The van der Waals surface area contributed by atoms with Gasteiger partial charge in [0.05, 0.1) is 4.47 Å². The van der Waals surface area contributed by atoms with Crippen LogP contribution in [0, 0.1) is 0 Å². The fourth-order valence-electron chi connectivity index (χ4n) is 2.27. The van der Waals surface area contributed by atoms with Crippen molar-refractivity contribution in [2.24, 2.45) is 0 Å². The highest BCUT2D eigenvalue weighted by atomic mass is 79.9. The lowest BCUT2D eigenvalue weighted by molar-refractivity contribution is 0.750. The van der Waals surface area contributed by atoms with Crippen molar-refractivity contribution in [3.8, 4) is 0 Å². The first-order valence-electron chi connectivity index (χ1n) is 6.78. The number of hydrogen-bond donors (Lipinski definition) is 2. The molecule has 19 heavy (non-hydrogen) atoms. The second kappa shape index (κ2) is 7.33. The predicted molar refractivity (Wildman–Crippen MR) is 87.1 cm³/mol. The highest BCUT2D eigenvalue weighted by Crippen LogP contribution is 2.31. The van der Waals surface area contributed by atoms with Crippen LogP contribution in [0.4, 0.5) is 11.8 Å². The second-order valence-corrected chi connectivity index (χ2v) is 6.82. The van der Waals surface area contributed by atoms with Gasteiger partial charge in [0.1, 0.15) is 5.82 Å². The van der Waals surface area contributed by atoms with Gasteiger partial charge >= 0.3 is 0 Å². The first-order valence-corrected chi connectivity index (χ1v) is 8.86. The summed E-state index contributed by atoms with van der Waals surface area (Å²) in [7, 11) is 0. The van der Waals surface area contributed by atoms with Crippen molar-refractivity contribution in [3.63, 3.8) is 0 Å². The number of rotatable bonds is 6. The maximum absolute atomic E-state index is 4.54. The van der Waals surface area contributed by atoms with E-state index < -0.39 is 0 Å². The fraction of sp³-hybridized carbons (Fsp3) is 0.692. The highest BCUT2D eigenvalue weighted by Gasteiger charge is 2.24. The number of halogens is 1. The first-order chi connectivity index (χ1) is 9.22. The van der Waals surface area contributed by atoms with Crippen molar-refractivity contribution in [2.45, 2.75) is 43.9 Å². The molecule has 0 aromatic carbocycles. The topological polar surface area (TPSA) is 49.8 Å². The summed E-state index contributed by atoms with van der Waals surface area (Å²) < 4.78 is 0.933. The molecule has 1 fully saturated rings. The zero-order valence-electron chi connectivity index (χ0n) is 11.4. The van der Waals surface area contributed by atoms with Crippen LogP contribution in [0.2, 0.25) is 0 Å². The number of aromatic nitrogens is 2. The van der Waals surface area contributed by atoms with Gasteiger partial charge < -0.3 is 10.6 Å². The van der Waals surface area contributed by atoms with Crippen LogP contribution in [-0.2, 0) is 0 Å². The molecule has 0 aliphatic heterocycles. The van der Waals surface area contributed by atoms with Crippen molar-refractivity contribution in [3.05, 3.63) is 10.7 Å². The van der Waals surface area contributed by atoms with E-state index in [4.69, 9.17) is 0 Å². The molecule has 1 heterocycles. The molecule has 0 radical (unpaired) electrons. The lowest BCUT2D eigenvalue weighted by atomic mass is 10.2. The summed E-state index contributed by atoms with van der Waals surface area (Å²) in [5.74, 6) is 1.60. The van der Waals surface area contributed by atoms with Gasteiger partial charge in [-0.3, -0.25) is 0 Å². The molecule has 1 aliphatic rings. The summed E-state index contributed by atoms with van der Waals surface area (Å²) in [5, 5.41) is 7.55. The molecule has 4 nitrogen and oxygen atoms in total. The fourth-order valence-corrected chi connectivity index (χ4v) is 3.37. The Hall–Kier alpha value is -0.490. The number of nitrogens with one attached hydrogen (secondary N) is 2. The first kappa shape index (κ1) is 14.9. The number of nitrogens with zero attached hydrogens (tertiary/aromatic N) is 2. The number of hydrogen-bond acceptors (Lipinski definition) is 5. The predicted octanol–water partition coefficient (Wildman–Crippen LogP) is 3.76. The van der Waals surface area contributed by atoms with Gasteiger partial charge in [-0.05, 0) is 47.9 Å². The van der Waals surface area contributed by atoms with Crippen LogP contribution in [0.15, 0.2) is 10.7 Å². The molecule has 1 saturated carbocycles. The summed E-state index contributed by atoms with van der Waals surface area (Å²) in [4.78, 5) is 8.81. The van der Waals surface area contributed by atoms with E-state index in [1.807, 2.05) is 18.0 Å². The minimum Gasteiger partial charge on any atom is -0.366 e. The van der Waals surface area contributed by atoms with Crippen LogP contribution >= 0.6 is 27.7 Å².